The number of ether oxygens (including phenoxy) is 1. The van der Waals surface area contributed by atoms with E-state index in [0.29, 0.717) is 24.3 Å². The van der Waals surface area contributed by atoms with Crippen LogP contribution in [0.15, 0.2) is 73.1 Å². The Hall–Kier alpha value is -4.20. The van der Waals surface area contributed by atoms with Crippen LogP contribution < -0.4 is 15.4 Å². The van der Waals surface area contributed by atoms with Crippen molar-refractivity contribution in [3.8, 4) is 5.75 Å². The van der Waals surface area contributed by atoms with Crippen LogP contribution in [0, 0.1) is 0 Å². The second kappa shape index (κ2) is 9.97. The lowest BCUT2D eigenvalue weighted by Crippen LogP contribution is -2.43. The van der Waals surface area contributed by atoms with Gasteiger partial charge in [-0.25, -0.2) is 0 Å². The average molecular weight is 471 g/mol. The molecular formula is C27H26N4O4. The highest BCUT2D eigenvalue weighted by Gasteiger charge is 2.47. The number of rotatable bonds is 9. The van der Waals surface area contributed by atoms with Gasteiger partial charge in [0.2, 0.25) is 11.8 Å². The average Bonchev–Trinajstić information content (AvgIpc) is 3.69. The molecule has 3 amide bonds. The molecular weight excluding hydrogens is 444 g/mol. The van der Waals surface area contributed by atoms with Crippen LogP contribution in [0.3, 0.4) is 0 Å². The minimum atomic E-state index is -0.682. The first-order valence-corrected chi connectivity index (χ1v) is 11.7. The van der Waals surface area contributed by atoms with E-state index >= 15 is 0 Å². The highest BCUT2D eigenvalue weighted by molar-refractivity contribution is 6.05. The fourth-order valence-corrected chi connectivity index (χ4v) is 4.21. The second-order valence-electron chi connectivity index (χ2n) is 8.72. The molecule has 2 heterocycles. The molecule has 8 heteroatoms. The third-order valence-electron chi connectivity index (χ3n) is 6.15. The van der Waals surface area contributed by atoms with E-state index in [1.165, 1.54) is 0 Å². The molecule has 1 aliphatic carbocycles. The Kier molecular flexibility index (Phi) is 6.43. The molecule has 1 aromatic heterocycles. The smallest absolute Gasteiger partial charge is 0.255 e. The number of nitrogens with zero attached hydrogens (tertiary/aromatic N) is 2. The summed E-state index contributed by atoms with van der Waals surface area (Å²) in [6.45, 7) is 0.603. The first kappa shape index (κ1) is 22.6. The van der Waals surface area contributed by atoms with Crippen molar-refractivity contribution in [2.75, 3.05) is 6.54 Å². The summed E-state index contributed by atoms with van der Waals surface area (Å²) >= 11 is 0. The molecule has 0 saturated heterocycles. The number of hydrogen-bond donors (Lipinski definition) is 2. The van der Waals surface area contributed by atoms with Crippen LogP contribution in [-0.2, 0) is 22.7 Å². The van der Waals surface area contributed by atoms with E-state index in [9.17, 15) is 14.4 Å². The summed E-state index contributed by atoms with van der Waals surface area (Å²) < 4.78 is 5.75. The van der Waals surface area contributed by atoms with Crippen LogP contribution in [0.2, 0.25) is 0 Å². The van der Waals surface area contributed by atoms with Gasteiger partial charge in [-0.1, -0.05) is 36.4 Å². The maximum Gasteiger partial charge on any atom is 0.255 e. The molecule has 1 unspecified atom stereocenters. The summed E-state index contributed by atoms with van der Waals surface area (Å²) in [6.07, 6.45) is 5.28. The third kappa shape index (κ3) is 5.16. The first-order chi connectivity index (χ1) is 17.1. The Balaban J connectivity index is 1.10. The number of amides is 3. The lowest BCUT2D eigenvalue weighted by atomic mass is 10.0. The Morgan fingerprint density at radius 1 is 0.971 bits per heavy atom. The van der Waals surface area contributed by atoms with E-state index in [1.54, 1.807) is 29.4 Å². The number of carbonyl (C=O) groups excluding carboxylic acids is 3. The summed E-state index contributed by atoms with van der Waals surface area (Å²) in [7, 11) is 0. The van der Waals surface area contributed by atoms with Crippen LogP contribution in [0.5, 0.6) is 5.75 Å². The predicted molar refractivity (Wildman–Crippen MR) is 128 cm³/mol. The van der Waals surface area contributed by atoms with E-state index in [1.807, 2.05) is 48.5 Å². The number of carbonyl (C=O) groups is 3. The van der Waals surface area contributed by atoms with Crippen molar-refractivity contribution in [3.63, 3.8) is 0 Å². The second-order valence-corrected chi connectivity index (χ2v) is 8.72. The standard InChI is InChI=1S/C27H26N4O4/c32-24(29-15-18-7-11-21(12-8-18)35-17-19-4-3-13-28-14-19)16-30-26(33)25-22-5-1-2-6-23(22)27(34)31(25)20-9-10-20/h1-8,11-14,20,25H,9-10,15-17H2,(H,29,32)(H,30,33). The van der Waals surface area contributed by atoms with Gasteiger partial charge in [0.1, 0.15) is 18.4 Å². The molecule has 1 atom stereocenters. The van der Waals surface area contributed by atoms with Gasteiger partial charge in [-0.05, 0) is 48.2 Å². The van der Waals surface area contributed by atoms with Gasteiger partial charge in [-0.15, -0.1) is 0 Å². The SMILES string of the molecule is O=C(CNC(=O)C1c2ccccc2C(=O)N1C1CC1)NCc1ccc(OCc2cccnc2)cc1. The Labute approximate surface area is 203 Å². The molecule has 5 rings (SSSR count). The lowest BCUT2D eigenvalue weighted by Gasteiger charge is -2.24. The van der Waals surface area contributed by atoms with E-state index < -0.39 is 6.04 Å². The largest absolute Gasteiger partial charge is 0.489 e. The summed E-state index contributed by atoms with van der Waals surface area (Å²) in [5, 5.41) is 5.52. The van der Waals surface area contributed by atoms with Crippen molar-refractivity contribution >= 4 is 17.7 Å². The Bertz CT molecular complexity index is 1230. The molecule has 178 valence electrons. The molecule has 1 fully saturated rings. The first-order valence-electron chi connectivity index (χ1n) is 11.7. The molecule has 1 saturated carbocycles. The van der Waals surface area contributed by atoms with Crippen molar-refractivity contribution in [2.24, 2.45) is 0 Å². The number of aromatic nitrogens is 1. The summed E-state index contributed by atoms with van der Waals surface area (Å²) in [5.41, 5.74) is 3.16. The highest BCUT2D eigenvalue weighted by atomic mass is 16.5. The maximum absolute atomic E-state index is 13.0. The molecule has 3 aromatic rings. The van der Waals surface area contributed by atoms with E-state index in [2.05, 4.69) is 15.6 Å². The van der Waals surface area contributed by atoms with Gasteiger partial charge in [-0.3, -0.25) is 19.4 Å². The monoisotopic (exact) mass is 470 g/mol. The van der Waals surface area contributed by atoms with Crippen LogP contribution in [0.1, 0.15) is 45.9 Å². The zero-order chi connectivity index (χ0) is 24.2. The number of fused-ring (bicyclic) bond motifs is 1. The fourth-order valence-electron chi connectivity index (χ4n) is 4.21. The Morgan fingerprint density at radius 2 is 1.77 bits per heavy atom. The van der Waals surface area contributed by atoms with Gasteiger partial charge in [0.25, 0.3) is 5.91 Å². The number of nitrogens with one attached hydrogen (secondary N) is 2. The van der Waals surface area contributed by atoms with Crippen molar-refractivity contribution in [1.29, 1.82) is 0 Å². The Morgan fingerprint density at radius 3 is 2.51 bits per heavy atom. The quantitative estimate of drug-likeness (QED) is 0.501. The van der Waals surface area contributed by atoms with Crippen LogP contribution in [0.25, 0.3) is 0 Å². The van der Waals surface area contributed by atoms with Gasteiger partial charge in [0.05, 0.1) is 6.54 Å². The predicted octanol–water partition coefficient (Wildman–Crippen LogP) is 2.75. The minimum Gasteiger partial charge on any atom is -0.489 e. The van der Waals surface area contributed by atoms with Crippen LogP contribution in [0.4, 0.5) is 0 Å². The van der Waals surface area contributed by atoms with Crippen LogP contribution >= 0.6 is 0 Å². The van der Waals surface area contributed by atoms with Gasteiger partial charge in [-0.2, -0.15) is 0 Å². The third-order valence-corrected chi connectivity index (χ3v) is 6.15. The normalized spacial score (nSPS) is 16.5. The van der Waals surface area contributed by atoms with Gasteiger partial charge >= 0.3 is 0 Å². The summed E-state index contributed by atoms with van der Waals surface area (Å²) in [6, 6.07) is 17.9. The summed E-state index contributed by atoms with van der Waals surface area (Å²) in [5.74, 6) is -0.0188. The zero-order valence-electron chi connectivity index (χ0n) is 19.1. The van der Waals surface area contributed by atoms with E-state index in [0.717, 1.165) is 29.7 Å². The number of hydrogen-bond acceptors (Lipinski definition) is 5. The molecule has 0 radical (unpaired) electrons. The van der Waals surface area contributed by atoms with Gasteiger partial charge in [0.15, 0.2) is 0 Å². The maximum atomic E-state index is 13.0. The van der Waals surface area contributed by atoms with Crippen molar-refractivity contribution in [1.82, 2.24) is 20.5 Å². The van der Waals surface area contributed by atoms with Gasteiger partial charge < -0.3 is 20.3 Å². The molecule has 0 spiro atoms. The number of benzene rings is 2. The molecule has 8 nitrogen and oxygen atoms in total. The molecule has 2 aliphatic rings. The fraction of sp³-hybridized carbons (Fsp3) is 0.259. The molecule has 35 heavy (non-hydrogen) atoms. The van der Waals surface area contributed by atoms with Crippen LogP contribution in [-0.4, -0.2) is 40.2 Å². The topological polar surface area (TPSA) is 101 Å². The lowest BCUT2D eigenvalue weighted by molar-refractivity contribution is -0.129. The number of pyridine rings is 1. The molecule has 0 bridgehead atoms. The minimum absolute atomic E-state index is 0.0933. The van der Waals surface area contributed by atoms with Crippen molar-refractivity contribution < 1.29 is 19.1 Å². The summed E-state index contributed by atoms with van der Waals surface area (Å²) in [4.78, 5) is 43.8. The van der Waals surface area contributed by atoms with E-state index in [-0.39, 0.29) is 30.3 Å². The van der Waals surface area contributed by atoms with Crippen molar-refractivity contribution in [2.45, 2.75) is 38.1 Å². The molecule has 2 aromatic carbocycles. The van der Waals surface area contributed by atoms with Gasteiger partial charge in [0, 0.05) is 36.1 Å². The van der Waals surface area contributed by atoms with Crippen molar-refractivity contribution in [3.05, 3.63) is 95.3 Å². The molecule has 2 N–H and O–H groups in total. The molecule has 1 aliphatic heterocycles. The highest BCUT2D eigenvalue weighted by Crippen LogP contribution is 2.41. The zero-order valence-corrected chi connectivity index (χ0v) is 19.1. The van der Waals surface area contributed by atoms with E-state index in [4.69, 9.17) is 4.74 Å².